The highest BCUT2D eigenvalue weighted by atomic mass is 16.7. The molecular weight excluding hydrogens is 400 g/mol. The summed E-state index contributed by atoms with van der Waals surface area (Å²) in [5.41, 5.74) is 2.30. The molecule has 0 bridgehead atoms. The number of benzene rings is 1. The van der Waals surface area contributed by atoms with Crippen molar-refractivity contribution in [3.63, 3.8) is 0 Å². The van der Waals surface area contributed by atoms with Gasteiger partial charge in [-0.3, -0.25) is 4.79 Å². The van der Waals surface area contributed by atoms with Gasteiger partial charge in [-0.05, 0) is 30.5 Å². The Labute approximate surface area is 177 Å². The van der Waals surface area contributed by atoms with Gasteiger partial charge in [0.1, 0.15) is 18.1 Å². The molecule has 3 aliphatic rings. The highest BCUT2D eigenvalue weighted by Gasteiger charge is 2.45. The number of aliphatic hydroxyl groups is 1. The molecule has 1 aromatic carbocycles. The fraction of sp³-hybridized carbons (Fsp3) is 0.348. The fourth-order valence-electron chi connectivity index (χ4n) is 4.89. The smallest absolute Gasteiger partial charge is 0.343 e. The monoisotopic (exact) mass is 420 g/mol. The lowest BCUT2D eigenvalue weighted by Crippen LogP contribution is -2.44. The molecule has 31 heavy (non-hydrogen) atoms. The van der Waals surface area contributed by atoms with Crippen molar-refractivity contribution in [3.05, 3.63) is 50.8 Å². The van der Waals surface area contributed by atoms with E-state index >= 15 is 0 Å². The van der Waals surface area contributed by atoms with E-state index in [4.69, 9.17) is 19.2 Å². The maximum atomic E-state index is 13.3. The van der Waals surface area contributed by atoms with Crippen LogP contribution in [0.5, 0.6) is 11.5 Å². The lowest BCUT2D eigenvalue weighted by Gasteiger charge is -2.31. The zero-order chi connectivity index (χ0) is 21.5. The summed E-state index contributed by atoms with van der Waals surface area (Å²) >= 11 is 0. The minimum Gasteiger partial charge on any atom is -0.458 e. The van der Waals surface area contributed by atoms with Crippen LogP contribution in [0.4, 0.5) is 0 Å². The van der Waals surface area contributed by atoms with Crippen molar-refractivity contribution in [1.29, 1.82) is 0 Å². The Bertz CT molecular complexity index is 1380. The van der Waals surface area contributed by atoms with E-state index in [9.17, 15) is 14.7 Å². The molecule has 2 aromatic heterocycles. The number of hydrogen-bond acceptors (Lipinski definition) is 7. The van der Waals surface area contributed by atoms with Gasteiger partial charge in [-0.1, -0.05) is 19.9 Å². The lowest BCUT2D eigenvalue weighted by atomic mass is 9.86. The number of cyclic esters (lactones) is 1. The zero-order valence-electron chi connectivity index (χ0n) is 17.2. The molecule has 8 heteroatoms. The Morgan fingerprint density at radius 1 is 1.16 bits per heavy atom. The Morgan fingerprint density at radius 3 is 2.77 bits per heavy atom. The first-order valence-electron chi connectivity index (χ1n) is 10.4. The van der Waals surface area contributed by atoms with Crippen molar-refractivity contribution < 1.29 is 24.1 Å². The van der Waals surface area contributed by atoms with Crippen LogP contribution in [0, 0.1) is 0 Å². The Hall–Kier alpha value is -3.39. The van der Waals surface area contributed by atoms with E-state index in [1.807, 2.05) is 12.1 Å². The number of hydrogen-bond donors (Lipinski definition) is 1. The van der Waals surface area contributed by atoms with E-state index < -0.39 is 11.6 Å². The van der Waals surface area contributed by atoms with Crippen LogP contribution in [0.2, 0.25) is 0 Å². The fourth-order valence-corrected chi connectivity index (χ4v) is 4.89. The number of aryl methyl sites for hydroxylation is 1. The van der Waals surface area contributed by atoms with Crippen LogP contribution in [0.25, 0.3) is 22.3 Å². The van der Waals surface area contributed by atoms with Crippen molar-refractivity contribution in [2.45, 2.75) is 45.4 Å². The Balaban J connectivity index is 1.69. The molecule has 1 N–H and O–H groups in total. The number of carbonyl (C=O) groups is 1. The molecule has 3 aromatic rings. The van der Waals surface area contributed by atoms with Crippen molar-refractivity contribution >= 4 is 16.9 Å². The van der Waals surface area contributed by atoms with Crippen LogP contribution in [0.3, 0.4) is 0 Å². The van der Waals surface area contributed by atoms with Crippen LogP contribution in [-0.2, 0) is 34.7 Å². The van der Waals surface area contributed by atoms with Gasteiger partial charge in [-0.15, -0.1) is 0 Å². The van der Waals surface area contributed by atoms with Gasteiger partial charge in [0, 0.05) is 11.1 Å². The molecule has 0 amide bonds. The Kier molecular flexibility index (Phi) is 3.60. The molecule has 5 heterocycles. The number of rotatable bonds is 2. The summed E-state index contributed by atoms with van der Waals surface area (Å²) in [6.45, 7) is 3.97. The lowest BCUT2D eigenvalue weighted by molar-refractivity contribution is -0.172. The van der Waals surface area contributed by atoms with Crippen molar-refractivity contribution in [3.8, 4) is 22.9 Å². The van der Waals surface area contributed by atoms with Crippen molar-refractivity contribution in [1.82, 2.24) is 9.55 Å². The second-order valence-corrected chi connectivity index (χ2v) is 8.08. The van der Waals surface area contributed by atoms with Crippen molar-refractivity contribution in [2.24, 2.45) is 0 Å². The SMILES string of the molecule is CCc1ccc2c3c(c4c(nc13)-c1cc3c(c(=O)n1C4)COC(=O)[C@]3(O)CC)OCO2. The van der Waals surface area contributed by atoms with Gasteiger partial charge in [0.25, 0.3) is 5.56 Å². The third-order valence-corrected chi connectivity index (χ3v) is 6.63. The maximum Gasteiger partial charge on any atom is 0.343 e. The van der Waals surface area contributed by atoms with E-state index in [-0.39, 0.29) is 25.4 Å². The average molecular weight is 420 g/mol. The van der Waals surface area contributed by atoms with E-state index in [1.54, 1.807) is 17.6 Å². The molecule has 0 aliphatic carbocycles. The van der Waals surface area contributed by atoms with Crippen molar-refractivity contribution in [2.75, 3.05) is 6.79 Å². The van der Waals surface area contributed by atoms with Crippen LogP contribution < -0.4 is 15.0 Å². The summed E-state index contributed by atoms with van der Waals surface area (Å²) in [4.78, 5) is 30.6. The van der Waals surface area contributed by atoms with Gasteiger partial charge in [0.2, 0.25) is 6.79 Å². The number of ether oxygens (including phenoxy) is 3. The normalized spacial score (nSPS) is 20.4. The highest BCUT2D eigenvalue weighted by molar-refractivity contribution is 5.98. The van der Waals surface area contributed by atoms with Gasteiger partial charge in [0.05, 0.1) is 34.4 Å². The highest BCUT2D eigenvalue weighted by Crippen LogP contribution is 2.47. The molecule has 1 atom stereocenters. The van der Waals surface area contributed by atoms with E-state index in [2.05, 4.69) is 6.92 Å². The molecule has 8 nitrogen and oxygen atoms in total. The first kappa shape index (κ1) is 18.4. The van der Waals surface area contributed by atoms with Gasteiger partial charge in [0.15, 0.2) is 5.60 Å². The predicted octanol–water partition coefficient (Wildman–Crippen LogP) is 2.37. The average Bonchev–Trinajstić information content (AvgIpc) is 3.16. The third kappa shape index (κ3) is 2.20. The molecule has 0 fully saturated rings. The summed E-state index contributed by atoms with van der Waals surface area (Å²) in [7, 11) is 0. The van der Waals surface area contributed by atoms with Crippen LogP contribution >= 0.6 is 0 Å². The minimum absolute atomic E-state index is 0.0870. The summed E-state index contributed by atoms with van der Waals surface area (Å²) in [6, 6.07) is 5.64. The molecule has 158 valence electrons. The Morgan fingerprint density at radius 2 is 2.00 bits per heavy atom. The van der Waals surface area contributed by atoms with Crippen LogP contribution in [0.1, 0.15) is 42.5 Å². The zero-order valence-corrected chi connectivity index (χ0v) is 17.2. The molecule has 3 aliphatic heterocycles. The topological polar surface area (TPSA) is 99.9 Å². The number of nitrogens with zero attached hydrogens (tertiary/aromatic N) is 2. The van der Waals surface area contributed by atoms with Crippen LogP contribution in [0.15, 0.2) is 23.0 Å². The molecule has 0 spiro atoms. The van der Waals surface area contributed by atoms with Crippen LogP contribution in [-0.4, -0.2) is 27.4 Å². The standard InChI is InChI=1S/C23H20N2O6/c1-3-11-5-6-16-17-18(11)24-19-12(20(17)31-10-30-16)8-25-15(19)7-14-13(21(25)26)9-29-22(27)23(14,28)4-2/h5-7,28H,3-4,8-10H2,1-2H3/t23-/m0/s1. The number of carbonyl (C=O) groups excluding carboxylic acids is 1. The second-order valence-electron chi connectivity index (χ2n) is 8.08. The molecular formula is C23H20N2O6. The largest absolute Gasteiger partial charge is 0.458 e. The molecule has 0 saturated carbocycles. The second kappa shape index (κ2) is 6.07. The van der Waals surface area contributed by atoms with E-state index in [0.717, 1.165) is 28.5 Å². The van der Waals surface area contributed by atoms with E-state index in [1.165, 1.54) is 0 Å². The number of esters is 1. The van der Waals surface area contributed by atoms with Gasteiger partial charge in [-0.2, -0.15) is 0 Å². The molecule has 6 rings (SSSR count). The maximum absolute atomic E-state index is 13.3. The van der Waals surface area contributed by atoms with Gasteiger partial charge >= 0.3 is 5.97 Å². The molecule has 0 radical (unpaired) electrons. The quantitative estimate of drug-likeness (QED) is 0.497. The first-order valence-corrected chi connectivity index (χ1v) is 10.4. The summed E-state index contributed by atoms with van der Waals surface area (Å²) in [5.74, 6) is 0.659. The summed E-state index contributed by atoms with van der Waals surface area (Å²) < 4.78 is 18.3. The van der Waals surface area contributed by atoms with E-state index in [0.29, 0.717) is 40.6 Å². The number of aromatic nitrogens is 2. The molecule has 0 unspecified atom stereocenters. The van der Waals surface area contributed by atoms with Gasteiger partial charge < -0.3 is 23.9 Å². The third-order valence-electron chi connectivity index (χ3n) is 6.63. The summed E-state index contributed by atoms with van der Waals surface area (Å²) in [5, 5.41) is 11.8. The summed E-state index contributed by atoms with van der Waals surface area (Å²) in [6.07, 6.45) is 0.884. The number of fused-ring (bicyclic) bond motifs is 5. The predicted molar refractivity (Wildman–Crippen MR) is 110 cm³/mol. The number of pyridine rings is 2. The molecule has 0 saturated heterocycles. The van der Waals surface area contributed by atoms with Gasteiger partial charge in [-0.25, -0.2) is 9.78 Å². The first-order chi connectivity index (χ1) is 15.0. The minimum atomic E-state index is -1.84.